The van der Waals surface area contributed by atoms with Gasteiger partial charge in [-0.1, -0.05) is 0 Å². The van der Waals surface area contributed by atoms with Crippen molar-refractivity contribution in [2.45, 2.75) is 0 Å². The molecular weight excluding hydrogens is 320 g/mol. The first-order valence-electron chi connectivity index (χ1n) is 5.62. The Morgan fingerprint density at radius 1 is 1.32 bits per heavy atom. The lowest BCUT2D eigenvalue weighted by Crippen LogP contribution is -2.38. The molecule has 0 spiro atoms. The maximum atomic E-state index is 11.5. The number of aliphatic hydroxyl groups excluding tert-OH is 1. The summed E-state index contributed by atoms with van der Waals surface area (Å²) in [6, 6.07) is 3.09. The van der Waals surface area contributed by atoms with Gasteiger partial charge in [0.05, 0.1) is 26.4 Å². The molecule has 7 nitrogen and oxygen atoms in total. The molecule has 106 valence electrons. The van der Waals surface area contributed by atoms with E-state index >= 15 is 0 Å². The van der Waals surface area contributed by atoms with E-state index in [1.165, 1.54) is 6.07 Å². The van der Waals surface area contributed by atoms with Crippen molar-refractivity contribution in [3.8, 4) is 0 Å². The Hall–Kier alpha value is -1.38. The molecular formula is C11H15BrN2O5. The van der Waals surface area contributed by atoms with Gasteiger partial charge in [0.2, 0.25) is 5.91 Å². The molecule has 8 heteroatoms. The van der Waals surface area contributed by atoms with E-state index in [1.807, 2.05) is 0 Å². The summed E-state index contributed by atoms with van der Waals surface area (Å²) in [6.45, 7) is 0.673. The Balaban J connectivity index is 2.14. The highest BCUT2D eigenvalue weighted by Crippen LogP contribution is 2.13. The molecule has 0 aromatic carbocycles. The minimum Gasteiger partial charge on any atom is -0.444 e. The number of ether oxygens (including phenoxy) is 1. The maximum Gasteiger partial charge on any atom is 0.287 e. The van der Waals surface area contributed by atoms with E-state index in [0.717, 1.165) is 0 Å². The zero-order valence-electron chi connectivity index (χ0n) is 10.1. The highest BCUT2D eigenvalue weighted by Gasteiger charge is 2.11. The van der Waals surface area contributed by atoms with Gasteiger partial charge in [-0.05, 0) is 28.1 Å². The van der Waals surface area contributed by atoms with Crippen LogP contribution in [0.2, 0.25) is 0 Å². The smallest absolute Gasteiger partial charge is 0.287 e. The van der Waals surface area contributed by atoms with Crippen LogP contribution in [0.25, 0.3) is 0 Å². The van der Waals surface area contributed by atoms with Gasteiger partial charge < -0.3 is 24.9 Å². The Bertz CT molecular complexity index is 421. The molecule has 1 aromatic rings. The SMILES string of the molecule is O=C(CNC(=O)c1ccc(Br)o1)NCCOCCO. The summed E-state index contributed by atoms with van der Waals surface area (Å²) >= 11 is 3.08. The fraction of sp³-hybridized carbons (Fsp3) is 0.455. The van der Waals surface area contributed by atoms with Gasteiger partial charge in [0.15, 0.2) is 10.4 Å². The van der Waals surface area contributed by atoms with E-state index in [2.05, 4.69) is 26.6 Å². The van der Waals surface area contributed by atoms with Crippen LogP contribution in [0.1, 0.15) is 10.6 Å². The molecule has 0 radical (unpaired) electrons. The van der Waals surface area contributed by atoms with Crippen LogP contribution in [0.15, 0.2) is 21.2 Å². The number of rotatable bonds is 8. The molecule has 1 aromatic heterocycles. The molecule has 0 saturated heterocycles. The molecule has 0 aliphatic heterocycles. The minimum absolute atomic E-state index is 0.0529. The second kappa shape index (κ2) is 8.68. The van der Waals surface area contributed by atoms with Crippen LogP contribution >= 0.6 is 15.9 Å². The Morgan fingerprint density at radius 2 is 2.11 bits per heavy atom. The van der Waals surface area contributed by atoms with Crippen LogP contribution in [0.4, 0.5) is 0 Å². The van der Waals surface area contributed by atoms with Crippen molar-refractivity contribution in [3.63, 3.8) is 0 Å². The number of nitrogens with one attached hydrogen (secondary N) is 2. The summed E-state index contributed by atoms with van der Waals surface area (Å²) in [4.78, 5) is 22.9. The van der Waals surface area contributed by atoms with Crippen molar-refractivity contribution in [2.24, 2.45) is 0 Å². The molecule has 1 heterocycles. The predicted octanol–water partition coefficient (Wildman–Crippen LogP) is -0.103. The number of carbonyl (C=O) groups is 2. The van der Waals surface area contributed by atoms with E-state index < -0.39 is 5.91 Å². The van der Waals surface area contributed by atoms with Crippen molar-refractivity contribution >= 4 is 27.7 Å². The number of hydrogen-bond donors (Lipinski definition) is 3. The summed E-state index contributed by atoms with van der Waals surface area (Å²) in [5.74, 6) is -0.657. The first-order valence-corrected chi connectivity index (χ1v) is 6.41. The van der Waals surface area contributed by atoms with Gasteiger partial charge >= 0.3 is 0 Å². The van der Waals surface area contributed by atoms with Gasteiger partial charge in [0.1, 0.15) is 0 Å². The average molecular weight is 335 g/mol. The topological polar surface area (TPSA) is 101 Å². The third-order valence-corrected chi connectivity index (χ3v) is 2.44. The third kappa shape index (κ3) is 6.37. The van der Waals surface area contributed by atoms with Gasteiger partial charge in [0.25, 0.3) is 5.91 Å². The molecule has 0 bridgehead atoms. The second-order valence-corrected chi connectivity index (χ2v) is 4.25. The molecule has 0 atom stereocenters. The van der Waals surface area contributed by atoms with Crippen molar-refractivity contribution in [1.82, 2.24) is 10.6 Å². The van der Waals surface area contributed by atoms with Gasteiger partial charge in [0, 0.05) is 6.54 Å². The van der Waals surface area contributed by atoms with E-state index in [1.54, 1.807) is 6.07 Å². The van der Waals surface area contributed by atoms with E-state index in [9.17, 15) is 9.59 Å². The predicted molar refractivity (Wildman–Crippen MR) is 69.7 cm³/mol. The van der Waals surface area contributed by atoms with Gasteiger partial charge in [-0.3, -0.25) is 9.59 Å². The van der Waals surface area contributed by atoms with Crippen LogP contribution < -0.4 is 10.6 Å². The highest BCUT2D eigenvalue weighted by molar-refractivity contribution is 9.10. The minimum atomic E-state index is -0.461. The van der Waals surface area contributed by atoms with E-state index in [4.69, 9.17) is 14.3 Å². The maximum absolute atomic E-state index is 11.5. The lowest BCUT2D eigenvalue weighted by atomic mass is 10.4. The standard InChI is InChI=1S/C11H15BrN2O5/c12-9-2-1-8(19-9)11(17)14-7-10(16)13-3-5-18-6-4-15/h1-2,15H,3-7H2,(H,13,16)(H,14,17). The van der Waals surface area contributed by atoms with Crippen LogP contribution in [0, 0.1) is 0 Å². The summed E-state index contributed by atoms with van der Waals surface area (Å²) in [7, 11) is 0. The Kier molecular flexibility index (Phi) is 7.16. The lowest BCUT2D eigenvalue weighted by molar-refractivity contribution is -0.120. The fourth-order valence-corrected chi connectivity index (χ4v) is 1.48. The third-order valence-electron chi connectivity index (χ3n) is 2.01. The molecule has 0 saturated carbocycles. The number of halogens is 1. The molecule has 3 N–H and O–H groups in total. The van der Waals surface area contributed by atoms with Crippen LogP contribution in [0.5, 0.6) is 0 Å². The summed E-state index contributed by atoms with van der Waals surface area (Å²) in [5.41, 5.74) is 0. The molecule has 2 amide bonds. The largest absolute Gasteiger partial charge is 0.444 e. The first-order chi connectivity index (χ1) is 9.13. The summed E-state index contributed by atoms with van der Waals surface area (Å²) in [5, 5.41) is 13.4. The number of furan rings is 1. The average Bonchev–Trinajstić information content (AvgIpc) is 2.82. The zero-order chi connectivity index (χ0) is 14.1. The first kappa shape index (κ1) is 15.7. The number of carbonyl (C=O) groups excluding carboxylic acids is 2. The second-order valence-electron chi connectivity index (χ2n) is 3.47. The van der Waals surface area contributed by atoms with Crippen LogP contribution in [0.3, 0.4) is 0 Å². The monoisotopic (exact) mass is 334 g/mol. The summed E-state index contributed by atoms with van der Waals surface area (Å²) in [6.07, 6.45) is 0. The van der Waals surface area contributed by atoms with E-state index in [-0.39, 0.29) is 31.4 Å². The molecule has 19 heavy (non-hydrogen) atoms. The van der Waals surface area contributed by atoms with Gasteiger partial charge in [-0.2, -0.15) is 0 Å². The van der Waals surface area contributed by atoms with Crippen molar-refractivity contribution < 1.29 is 23.8 Å². The number of hydrogen-bond acceptors (Lipinski definition) is 5. The van der Waals surface area contributed by atoms with Crippen LogP contribution in [-0.4, -0.2) is 49.8 Å². The zero-order valence-corrected chi connectivity index (χ0v) is 11.7. The quantitative estimate of drug-likeness (QED) is 0.576. The van der Waals surface area contributed by atoms with Gasteiger partial charge in [-0.25, -0.2) is 0 Å². The molecule has 0 unspecified atom stereocenters. The molecule has 1 rings (SSSR count). The van der Waals surface area contributed by atoms with Crippen molar-refractivity contribution in [1.29, 1.82) is 0 Å². The molecule has 0 aliphatic rings. The normalized spacial score (nSPS) is 10.2. The molecule has 0 fully saturated rings. The summed E-state index contributed by atoms with van der Waals surface area (Å²) < 4.78 is 10.4. The van der Waals surface area contributed by atoms with Crippen molar-refractivity contribution in [2.75, 3.05) is 32.9 Å². The molecule has 0 aliphatic carbocycles. The Morgan fingerprint density at radius 3 is 2.74 bits per heavy atom. The van der Waals surface area contributed by atoms with Crippen molar-refractivity contribution in [3.05, 3.63) is 22.6 Å². The van der Waals surface area contributed by atoms with E-state index in [0.29, 0.717) is 17.8 Å². The lowest BCUT2D eigenvalue weighted by Gasteiger charge is -2.06. The highest BCUT2D eigenvalue weighted by atomic mass is 79.9. The number of amides is 2. The van der Waals surface area contributed by atoms with Gasteiger partial charge in [-0.15, -0.1) is 0 Å². The fourth-order valence-electron chi connectivity index (χ4n) is 1.18. The van der Waals surface area contributed by atoms with Crippen LogP contribution in [-0.2, 0) is 9.53 Å². The number of aliphatic hydroxyl groups is 1. The Labute approximate surface area is 118 Å².